The molecule has 1 heteroatoms. The molecule has 16 heavy (non-hydrogen) atoms. The fraction of sp³-hybridized carbons (Fsp3) is 1.00. The average Bonchev–Trinajstić information content (AvgIpc) is 2.73. The Balaban J connectivity index is 1.83. The van der Waals surface area contributed by atoms with Gasteiger partial charge in [0.1, 0.15) is 0 Å². The van der Waals surface area contributed by atoms with Gasteiger partial charge in [0.25, 0.3) is 0 Å². The van der Waals surface area contributed by atoms with Gasteiger partial charge in [-0.2, -0.15) is 0 Å². The second-order valence-corrected chi connectivity index (χ2v) is 6.09. The molecule has 3 unspecified atom stereocenters. The molecule has 94 valence electrons. The van der Waals surface area contributed by atoms with Crippen LogP contribution in [-0.2, 0) is 0 Å². The highest BCUT2D eigenvalue weighted by atomic mass is 15.0. The SMILES string of the molecule is CCC(NC1CCCC1C)C1CCCCC1. The van der Waals surface area contributed by atoms with Crippen molar-refractivity contribution in [3.63, 3.8) is 0 Å². The number of hydrogen-bond acceptors (Lipinski definition) is 1. The molecular weight excluding hydrogens is 194 g/mol. The van der Waals surface area contributed by atoms with Gasteiger partial charge < -0.3 is 5.32 Å². The minimum Gasteiger partial charge on any atom is -0.311 e. The van der Waals surface area contributed by atoms with Crippen LogP contribution in [0.5, 0.6) is 0 Å². The van der Waals surface area contributed by atoms with Crippen molar-refractivity contribution in [2.45, 2.75) is 83.7 Å². The predicted octanol–water partition coefficient (Wildman–Crippen LogP) is 4.12. The van der Waals surface area contributed by atoms with Crippen molar-refractivity contribution < 1.29 is 0 Å². The van der Waals surface area contributed by atoms with Crippen molar-refractivity contribution in [2.75, 3.05) is 0 Å². The third-order valence-electron chi connectivity index (χ3n) is 4.95. The van der Waals surface area contributed by atoms with Crippen LogP contribution < -0.4 is 5.32 Å². The van der Waals surface area contributed by atoms with Gasteiger partial charge in [0, 0.05) is 12.1 Å². The van der Waals surface area contributed by atoms with E-state index >= 15 is 0 Å². The van der Waals surface area contributed by atoms with Gasteiger partial charge in [-0.1, -0.05) is 39.5 Å². The quantitative estimate of drug-likeness (QED) is 0.756. The summed E-state index contributed by atoms with van der Waals surface area (Å²) in [4.78, 5) is 0. The molecule has 1 nitrogen and oxygen atoms in total. The summed E-state index contributed by atoms with van der Waals surface area (Å²) in [6.45, 7) is 4.80. The van der Waals surface area contributed by atoms with Crippen molar-refractivity contribution >= 4 is 0 Å². The van der Waals surface area contributed by atoms with E-state index in [2.05, 4.69) is 19.2 Å². The van der Waals surface area contributed by atoms with Gasteiger partial charge in [0.15, 0.2) is 0 Å². The molecule has 0 bridgehead atoms. The maximum Gasteiger partial charge on any atom is 0.00954 e. The lowest BCUT2D eigenvalue weighted by Gasteiger charge is -2.33. The fourth-order valence-corrected chi connectivity index (χ4v) is 3.79. The first-order valence-corrected chi connectivity index (χ1v) is 7.57. The Morgan fingerprint density at radius 2 is 1.75 bits per heavy atom. The highest BCUT2D eigenvalue weighted by Crippen LogP contribution is 2.31. The summed E-state index contributed by atoms with van der Waals surface area (Å²) in [6, 6.07) is 1.64. The van der Waals surface area contributed by atoms with Crippen molar-refractivity contribution in [2.24, 2.45) is 11.8 Å². The molecule has 0 aromatic heterocycles. The molecule has 3 atom stereocenters. The molecule has 0 saturated heterocycles. The highest BCUT2D eigenvalue weighted by Gasteiger charge is 2.28. The smallest absolute Gasteiger partial charge is 0.00954 e. The van der Waals surface area contributed by atoms with E-state index in [4.69, 9.17) is 0 Å². The molecule has 0 spiro atoms. The Morgan fingerprint density at radius 1 is 1.00 bits per heavy atom. The maximum atomic E-state index is 3.99. The van der Waals surface area contributed by atoms with Crippen LogP contribution in [0, 0.1) is 11.8 Å². The second kappa shape index (κ2) is 6.05. The first-order chi connectivity index (χ1) is 7.81. The van der Waals surface area contributed by atoms with Crippen LogP contribution in [0.4, 0.5) is 0 Å². The summed E-state index contributed by atoms with van der Waals surface area (Å²) in [5, 5.41) is 3.99. The molecule has 0 aliphatic heterocycles. The number of nitrogens with one attached hydrogen (secondary N) is 1. The Morgan fingerprint density at radius 3 is 2.31 bits per heavy atom. The van der Waals surface area contributed by atoms with Crippen LogP contribution in [0.2, 0.25) is 0 Å². The van der Waals surface area contributed by atoms with Crippen LogP contribution in [-0.4, -0.2) is 12.1 Å². The summed E-state index contributed by atoms with van der Waals surface area (Å²) >= 11 is 0. The van der Waals surface area contributed by atoms with Crippen molar-refractivity contribution in [1.82, 2.24) is 5.32 Å². The van der Waals surface area contributed by atoms with E-state index in [9.17, 15) is 0 Å². The zero-order chi connectivity index (χ0) is 11.4. The Bertz CT molecular complexity index is 196. The summed E-state index contributed by atoms with van der Waals surface area (Å²) in [5.74, 6) is 1.89. The van der Waals surface area contributed by atoms with Gasteiger partial charge in [-0.25, -0.2) is 0 Å². The molecule has 2 rings (SSSR count). The van der Waals surface area contributed by atoms with Gasteiger partial charge in [-0.3, -0.25) is 0 Å². The zero-order valence-corrected chi connectivity index (χ0v) is 11.2. The number of rotatable bonds is 4. The van der Waals surface area contributed by atoms with Crippen LogP contribution in [0.1, 0.15) is 71.6 Å². The standard InChI is InChI=1S/C15H29N/c1-3-14(13-9-5-4-6-10-13)16-15-11-7-8-12(15)2/h12-16H,3-11H2,1-2H3. The minimum absolute atomic E-state index is 0.811. The molecule has 2 aliphatic carbocycles. The monoisotopic (exact) mass is 223 g/mol. The van der Waals surface area contributed by atoms with E-state index in [0.717, 1.165) is 23.9 Å². The molecule has 2 aliphatic rings. The van der Waals surface area contributed by atoms with Gasteiger partial charge in [0.05, 0.1) is 0 Å². The highest BCUT2D eigenvalue weighted by molar-refractivity contribution is 4.86. The molecule has 0 heterocycles. The molecule has 2 fully saturated rings. The van der Waals surface area contributed by atoms with E-state index in [1.165, 1.54) is 57.8 Å². The van der Waals surface area contributed by atoms with Crippen molar-refractivity contribution in [3.8, 4) is 0 Å². The Labute approximate surface area is 101 Å². The summed E-state index contributed by atoms with van der Waals surface area (Å²) in [7, 11) is 0. The second-order valence-electron chi connectivity index (χ2n) is 6.09. The van der Waals surface area contributed by atoms with Crippen LogP contribution >= 0.6 is 0 Å². The van der Waals surface area contributed by atoms with Crippen molar-refractivity contribution in [1.29, 1.82) is 0 Å². The van der Waals surface area contributed by atoms with Crippen LogP contribution in [0.15, 0.2) is 0 Å². The van der Waals surface area contributed by atoms with E-state index < -0.39 is 0 Å². The summed E-state index contributed by atoms with van der Waals surface area (Å²) < 4.78 is 0. The van der Waals surface area contributed by atoms with Gasteiger partial charge in [0.2, 0.25) is 0 Å². The topological polar surface area (TPSA) is 12.0 Å². The van der Waals surface area contributed by atoms with Gasteiger partial charge >= 0.3 is 0 Å². The van der Waals surface area contributed by atoms with Crippen LogP contribution in [0.25, 0.3) is 0 Å². The maximum absolute atomic E-state index is 3.99. The third kappa shape index (κ3) is 3.00. The lowest BCUT2D eigenvalue weighted by molar-refractivity contribution is 0.233. The molecule has 0 aromatic carbocycles. The molecule has 0 aromatic rings. The Hall–Kier alpha value is -0.0400. The normalized spacial score (nSPS) is 34.1. The predicted molar refractivity (Wildman–Crippen MR) is 70.6 cm³/mol. The zero-order valence-electron chi connectivity index (χ0n) is 11.2. The molecule has 0 radical (unpaired) electrons. The van der Waals surface area contributed by atoms with E-state index in [0.29, 0.717) is 0 Å². The summed E-state index contributed by atoms with van der Waals surface area (Å²) in [6.07, 6.45) is 13.0. The van der Waals surface area contributed by atoms with E-state index in [-0.39, 0.29) is 0 Å². The van der Waals surface area contributed by atoms with E-state index in [1.807, 2.05) is 0 Å². The van der Waals surface area contributed by atoms with E-state index in [1.54, 1.807) is 0 Å². The summed E-state index contributed by atoms with van der Waals surface area (Å²) in [5.41, 5.74) is 0. The first-order valence-electron chi connectivity index (χ1n) is 7.57. The molecular formula is C15H29N. The third-order valence-corrected chi connectivity index (χ3v) is 4.95. The van der Waals surface area contributed by atoms with Crippen molar-refractivity contribution in [3.05, 3.63) is 0 Å². The lowest BCUT2D eigenvalue weighted by atomic mass is 9.82. The lowest BCUT2D eigenvalue weighted by Crippen LogP contribution is -2.44. The average molecular weight is 223 g/mol. The van der Waals surface area contributed by atoms with Gasteiger partial charge in [-0.05, 0) is 43.9 Å². The molecule has 1 N–H and O–H groups in total. The number of hydrogen-bond donors (Lipinski definition) is 1. The molecule has 2 saturated carbocycles. The molecule has 0 amide bonds. The Kier molecular flexibility index (Phi) is 4.69. The minimum atomic E-state index is 0.811. The largest absolute Gasteiger partial charge is 0.311 e. The fourth-order valence-electron chi connectivity index (χ4n) is 3.79. The van der Waals surface area contributed by atoms with Gasteiger partial charge in [-0.15, -0.1) is 0 Å². The first kappa shape index (κ1) is 12.4. The van der Waals surface area contributed by atoms with Crippen LogP contribution in [0.3, 0.4) is 0 Å².